The summed E-state index contributed by atoms with van der Waals surface area (Å²) in [5, 5.41) is 0. The largest absolute Gasteiger partial charge is 0.288 e. The van der Waals surface area contributed by atoms with Crippen LogP contribution < -0.4 is 0 Å². The third-order valence-corrected chi connectivity index (χ3v) is 2.44. The normalized spacial score (nSPS) is 10.3. The highest BCUT2D eigenvalue weighted by atomic mass is 19.1. The summed E-state index contributed by atoms with van der Waals surface area (Å²) in [7, 11) is 0. The zero-order chi connectivity index (χ0) is 12.4. The van der Waals surface area contributed by atoms with Crippen LogP contribution in [-0.2, 0) is 0 Å². The van der Waals surface area contributed by atoms with E-state index < -0.39 is 17.4 Å². The van der Waals surface area contributed by atoms with Crippen LogP contribution in [0.15, 0.2) is 36.7 Å². The van der Waals surface area contributed by atoms with E-state index in [9.17, 15) is 13.6 Å². The molecule has 0 fully saturated rings. The van der Waals surface area contributed by atoms with Gasteiger partial charge in [-0.25, -0.2) is 8.78 Å². The molecule has 0 amide bonds. The van der Waals surface area contributed by atoms with Crippen molar-refractivity contribution in [2.75, 3.05) is 0 Å². The molecule has 0 spiro atoms. The van der Waals surface area contributed by atoms with Gasteiger partial charge in [0.15, 0.2) is 5.78 Å². The van der Waals surface area contributed by atoms with Crippen LogP contribution in [0, 0.1) is 18.6 Å². The highest BCUT2D eigenvalue weighted by molar-refractivity contribution is 6.09. The Morgan fingerprint density at radius 2 is 1.94 bits per heavy atom. The molecule has 2 nitrogen and oxygen atoms in total. The van der Waals surface area contributed by atoms with Crippen molar-refractivity contribution in [3.63, 3.8) is 0 Å². The zero-order valence-corrected chi connectivity index (χ0v) is 9.08. The van der Waals surface area contributed by atoms with Gasteiger partial charge in [0.05, 0.1) is 5.56 Å². The lowest BCUT2D eigenvalue weighted by Gasteiger charge is -2.05. The molecular weight excluding hydrogens is 224 g/mol. The number of nitrogens with zero attached hydrogens (tertiary/aromatic N) is 1. The molecule has 0 unspecified atom stereocenters. The number of halogens is 2. The molecule has 4 heteroatoms. The monoisotopic (exact) mass is 233 g/mol. The third-order valence-electron chi connectivity index (χ3n) is 2.44. The molecule has 86 valence electrons. The van der Waals surface area contributed by atoms with Gasteiger partial charge in [0, 0.05) is 24.0 Å². The van der Waals surface area contributed by atoms with Crippen LogP contribution in [0.1, 0.15) is 21.5 Å². The molecule has 0 aliphatic heterocycles. The Morgan fingerprint density at radius 1 is 1.18 bits per heavy atom. The van der Waals surface area contributed by atoms with E-state index in [-0.39, 0.29) is 5.56 Å². The van der Waals surface area contributed by atoms with Crippen LogP contribution >= 0.6 is 0 Å². The topological polar surface area (TPSA) is 30.0 Å². The van der Waals surface area contributed by atoms with Crippen molar-refractivity contribution in [2.24, 2.45) is 0 Å². The number of aromatic nitrogens is 1. The second-order valence-corrected chi connectivity index (χ2v) is 3.64. The van der Waals surface area contributed by atoms with Crippen molar-refractivity contribution in [1.82, 2.24) is 4.98 Å². The van der Waals surface area contributed by atoms with Gasteiger partial charge in [0.2, 0.25) is 0 Å². The van der Waals surface area contributed by atoms with Crippen molar-refractivity contribution in [1.29, 1.82) is 0 Å². The summed E-state index contributed by atoms with van der Waals surface area (Å²) in [4.78, 5) is 15.9. The number of hydrogen-bond acceptors (Lipinski definition) is 2. The molecule has 0 bridgehead atoms. The molecule has 0 aliphatic carbocycles. The average Bonchev–Trinajstić information content (AvgIpc) is 2.29. The average molecular weight is 233 g/mol. The molecule has 1 aromatic carbocycles. The predicted octanol–water partition coefficient (Wildman–Crippen LogP) is 2.90. The van der Waals surface area contributed by atoms with Crippen LogP contribution in [-0.4, -0.2) is 10.8 Å². The highest BCUT2D eigenvalue weighted by Gasteiger charge is 2.16. The van der Waals surface area contributed by atoms with Crippen LogP contribution in [0.5, 0.6) is 0 Å². The first-order valence-corrected chi connectivity index (χ1v) is 5.00. The minimum atomic E-state index is -0.855. The Kier molecular flexibility index (Phi) is 2.95. The SMILES string of the molecule is Cc1cnccc1C(=O)c1ccc(F)cc1F. The maximum atomic E-state index is 13.4. The number of ketones is 1. The van der Waals surface area contributed by atoms with Crippen molar-refractivity contribution in [2.45, 2.75) is 6.92 Å². The molecule has 2 aromatic rings. The molecule has 2 rings (SSSR count). The molecule has 17 heavy (non-hydrogen) atoms. The molecular formula is C13H9F2NO. The second-order valence-electron chi connectivity index (χ2n) is 3.64. The van der Waals surface area contributed by atoms with Crippen molar-refractivity contribution < 1.29 is 13.6 Å². The number of hydrogen-bond donors (Lipinski definition) is 0. The zero-order valence-electron chi connectivity index (χ0n) is 9.08. The van der Waals surface area contributed by atoms with Gasteiger partial charge in [-0.05, 0) is 30.7 Å². The van der Waals surface area contributed by atoms with Gasteiger partial charge in [-0.15, -0.1) is 0 Å². The molecule has 0 N–H and O–H groups in total. The van der Waals surface area contributed by atoms with Crippen LogP contribution in [0.2, 0.25) is 0 Å². The lowest BCUT2D eigenvalue weighted by Crippen LogP contribution is -2.06. The second kappa shape index (κ2) is 4.41. The van der Waals surface area contributed by atoms with Crippen LogP contribution in [0.25, 0.3) is 0 Å². The standard InChI is InChI=1S/C13H9F2NO/c1-8-7-16-5-4-10(8)13(17)11-3-2-9(14)6-12(11)15/h2-7H,1H3. The van der Waals surface area contributed by atoms with Crippen molar-refractivity contribution in [3.8, 4) is 0 Å². The quantitative estimate of drug-likeness (QED) is 0.746. The summed E-state index contributed by atoms with van der Waals surface area (Å²) in [6.07, 6.45) is 2.98. The van der Waals surface area contributed by atoms with Gasteiger partial charge in [-0.3, -0.25) is 9.78 Å². The minimum absolute atomic E-state index is 0.138. The number of carbonyl (C=O) groups excluding carboxylic acids is 1. The number of rotatable bonds is 2. The van der Waals surface area contributed by atoms with Crippen LogP contribution in [0.4, 0.5) is 8.78 Å². The highest BCUT2D eigenvalue weighted by Crippen LogP contribution is 2.16. The van der Waals surface area contributed by atoms with Gasteiger partial charge in [-0.1, -0.05) is 0 Å². The molecule has 0 saturated heterocycles. The van der Waals surface area contributed by atoms with E-state index in [4.69, 9.17) is 0 Å². The van der Waals surface area contributed by atoms with E-state index in [0.717, 1.165) is 12.1 Å². The van der Waals surface area contributed by atoms with Crippen molar-refractivity contribution >= 4 is 5.78 Å². The van der Waals surface area contributed by atoms with Crippen LogP contribution in [0.3, 0.4) is 0 Å². The fourth-order valence-electron chi connectivity index (χ4n) is 1.55. The van der Waals surface area contributed by atoms with Gasteiger partial charge >= 0.3 is 0 Å². The summed E-state index contributed by atoms with van der Waals surface area (Å²) in [5.74, 6) is -2.03. The fraction of sp³-hybridized carbons (Fsp3) is 0.0769. The maximum absolute atomic E-state index is 13.4. The summed E-state index contributed by atoms with van der Waals surface area (Å²) in [6, 6.07) is 4.42. The first kappa shape index (κ1) is 11.4. The van der Waals surface area contributed by atoms with E-state index in [1.54, 1.807) is 6.92 Å². The van der Waals surface area contributed by atoms with E-state index >= 15 is 0 Å². The van der Waals surface area contributed by atoms with Crippen molar-refractivity contribution in [3.05, 3.63) is 65.0 Å². The third kappa shape index (κ3) is 2.20. The first-order chi connectivity index (χ1) is 8.09. The summed E-state index contributed by atoms with van der Waals surface area (Å²) < 4.78 is 26.2. The summed E-state index contributed by atoms with van der Waals surface area (Å²) in [6.45, 7) is 1.71. The molecule has 1 heterocycles. The summed E-state index contributed by atoms with van der Waals surface area (Å²) >= 11 is 0. The van der Waals surface area contributed by atoms with E-state index in [2.05, 4.69) is 4.98 Å². The lowest BCUT2D eigenvalue weighted by molar-refractivity contribution is 0.103. The number of carbonyl (C=O) groups is 1. The fourth-order valence-corrected chi connectivity index (χ4v) is 1.55. The molecule has 0 atom stereocenters. The first-order valence-electron chi connectivity index (χ1n) is 5.00. The number of aryl methyl sites for hydroxylation is 1. The van der Waals surface area contributed by atoms with E-state index in [1.165, 1.54) is 18.5 Å². The minimum Gasteiger partial charge on any atom is -0.288 e. The number of pyridine rings is 1. The Hall–Kier alpha value is -2.10. The maximum Gasteiger partial charge on any atom is 0.196 e. The smallest absolute Gasteiger partial charge is 0.196 e. The molecule has 1 aromatic heterocycles. The van der Waals surface area contributed by atoms with Gasteiger partial charge < -0.3 is 0 Å². The molecule has 0 saturated carbocycles. The lowest BCUT2D eigenvalue weighted by atomic mass is 10.0. The Bertz CT molecular complexity index is 581. The Balaban J connectivity index is 2.48. The molecule has 0 aliphatic rings. The van der Waals surface area contributed by atoms with Gasteiger partial charge in [0.1, 0.15) is 11.6 Å². The molecule has 0 radical (unpaired) electrons. The van der Waals surface area contributed by atoms with E-state index in [1.807, 2.05) is 0 Å². The predicted molar refractivity (Wildman–Crippen MR) is 58.8 cm³/mol. The summed E-state index contributed by atoms with van der Waals surface area (Å²) in [5.41, 5.74) is 0.882. The van der Waals surface area contributed by atoms with Gasteiger partial charge in [0.25, 0.3) is 0 Å². The Labute approximate surface area is 96.9 Å². The van der Waals surface area contributed by atoms with E-state index in [0.29, 0.717) is 17.2 Å². The van der Waals surface area contributed by atoms with Gasteiger partial charge in [-0.2, -0.15) is 0 Å². The Morgan fingerprint density at radius 3 is 2.59 bits per heavy atom. The number of benzene rings is 1.